The van der Waals surface area contributed by atoms with Crippen molar-refractivity contribution in [3.05, 3.63) is 20.8 Å². The molecule has 1 aliphatic heterocycles. The molecule has 0 saturated carbocycles. The van der Waals surface area contributed by atoms with Crippen LogP contribution in [0.4, 0.5) is 0 Å². The minimum atomic E-state index is 0.322. The average molecular weight is 359 g/mol. The van der Waals surface area contributed by atoms with Gasteiger partial charge in [-0.2, -0.15) is 0 Å². The van der Waals surface area contributed by atoms with Crippen LogP contribution >= 0.6 is 27.3 Å². The van der Waals surface area contributed by atoms with Crippen LogP contribution in [0, 0.1) is 5.41 Å². The van der Waals surface area contributed by atoms with E-state index in [1.165, 1.54) is 22.2 Å². The van der Waals surface area contributed by atoms with Gasteiger partial charge in [0.2, 0.25) is 0 Å². The van der Waals surface area contributed by atoms with Crippen molar-refractivity contribution in [2.75, 3.05) is 13.1 Å². The third kappa shape index (κ3) is 4.06. The van der Waals surface area contributed by atoms with Gasteiger partial charge in [-0.1, -0.05) is 34.1 Å². The lowest BCUT2D eigenvalue weighted by Crippen LogP contribution is -2.59. The van der Waals surface area contributed by atoms with Gasteiger partial charge in [0.1, 0.15) is 0 Å². The van der Waals surface area contributed by atoms with Crippen molar-refractivity contribution in [1.82, 2.24) is 10.2 Å². The number of thiophene rings is 1. The average Bonchev–Trinajstić information content (AvgIpc) is 2.76. The summed E-state index contributed by atoms with van der Waals surface area (Å²) >= 11 is 5.54. The zero-order valence-corrected chi connectivity index (χ0v) is 15.5. The summed E-state index contributed by atoms with van der Waals surface area (Å²) in [5.41, 5.74) is 0.322. The van der Waals surface area contributed by atoms with E-state index in [1.54, 1.807) is 0 Å². The molecule has 1 aromatic heterocycles. The Labute approximate surface area is 136 Å². The monoisotopic (exact) mass is 358 g/mol. The molecular weight excluding hydrogens is 332 g/mol. The molecule has 1 fully saturated rings. The third-order valence-corrected chi connectivity index (χ3v) is 6.15. The molecule has 0 bridgehead atoms. The van der Waals surface area contributed by atoms with Gasteiger partial charge in [0, 0.05) is 41.1 Å². The quantitative estimate of drug-likeness (QED) is 0.852. The Kier molecular flexibility index (Phi) is 5.69. The lowest BCUT2D eigenvalue weighted by atomic mass is 9.84. The molecule has 114 valence electrons. The molecule has 4 heteroatoms. The Hall–Kier alpha value is 0.100. The lowest BCUT2D eigenvalue weighted by molar-refractivity contribution is 0.0755. The predicted molar refractivity (Wildman–Crippen MR) is 92.4 cm³/mol. The molecule has 20 heavy (non-hydrogen) atoms. The maximum Gasteiger partial charge on any atom is 0.0343 e. The summed E-state index contributed by atoms with van der Waals surface area (Å²) in [4.78, 5) is 4.15. The van der Waals surface area contributed by atoms with Gasteiger partial charge in [0.05, 0.1) is 0 Å². The van der Waals surface area contributed by atoms with Gasteiger partial charge >= 0.3 is 0 Å². The Bertz CT molecular complexity index is 424. The molecule has 2 nitrogen and oxygen atoms in total. The van der Waals surface area contributed by atoms with E-state index in [2.05, 4.69) is 65.3 Å². The maximum atomic E-state index is 3.77. The van der Waals surface area contributed by atoms with Gasteiger partial charge in [-0.05, 0) is 39.2 Å². The van der Waals surface area contributed by atoms with Gasteiger partial charge in [-0.3, -0.25) is 4.90 Å². The van der Waals surface area contributed by atoms with Gasteiger partial charge in [0.15, 0.2) is 0 Å². The first kappa shape index (κ1) is 16.5. The largest absolute Gasteiger partial charge is 0.311 e. The van der Waals surface area contributed by atoms with Crippen LogP contribution in [0.1, 0.15) is 45.4 Å². The van der Waals surface area contributed by atoms with E-state index in [1.807, 2.05) is 11.3 Å². The first-order chi connectivity index (χ1) is 9.41. The summed E-state index contributed by atoms with van der Waals surface area (Å²) in [6.45, 7) is 12.7. The van der Waals surface area contributed by atoms with Crippen LogP contribution in [0.2, 0.25) is 0 Å². The molecule has 2 atom stereocenters. The van der Waals surface area contributed by atoms with Crippen LogP contribution in [0.5, 0.6) is 0 Å². The topological polar surface area (TPSA) is 15.3 Å². The smallest absolute Gasteiger partial charge is 0.0343 e. The summed E-state index contributed by atoms with van der Waals surface area (Å²) in [5, 5.41) is 5.95. The molecule has 0 aliphatic carbocycles. The van der Waals surface area contributed by atoms with Crippen LogP contribution in [-0.2, 0) is 6.54 Å². The summed E-state index contributed by atoms with van der Waals surface area (Å²) in [7, 11) is 0. The molecule has 1 aromatic rings. The highest BCUT2D eigenvalue weighted by Crippen LogP contribution is 2.29. The summed E-state index contributed by atoms with van der Waals surface area (Å²) in [6.07, 6.45) is 2.54. The highest BCUT2D eigenvalue weighted by molar-refractivity contribution is 9.10. The fourth-order valence-electron chi connectivity index (χ4n) is 2.87. The summed E-state index contributed by atoms with van der Waals surface area (Å²) in [5.74, 6) is 0. The van der Waals surface area contributed by atoms with E-state index in [0.29, 0.717) is 17.5 Å². The molecule has 0 radical (unpaired) electrons. The van der Waals surface area contributed by atoms with Gasteiger partial charge in [-0.15, -0.1) is 11.3 Å². The zero-order chi connectivity index (χ0) is 14.8. The Morgan fingerprint density at radius 2 is 2.20 bits per heavy atom. The molecule has 2 heterocycles. The van der Waals surface area contributed by atoms with Crippen molar-refractivity contribution < 1.29 is 0 Å². The first-order valence-corrected chi connectivity index (χ1v) is 9.28. The second-order valence-corrected chi connectivity index (χ2v) is 8.75. The van der Waals surface area contributed by atoms with Crippen molar-refractivity contribution in [1.29, 1.82) is 0 Å². The molecule has 1 N–H and O–H groups in total. The first-order valence-electron chi connectivity index (χ1n) is 7.61. The minimum Gasteiger partial charge on any atom is -0.311 e. The molecule has 2 unspecified atom stereocenters. The Morgan fingerprint density at radius 1 is 1.45 bits per heavy atom. The van der Waals surface area contributed by atoms with Crippen molar-refractivity contribution in [2.24, 2.45) is 5.41 Å². The molecule has 2 rings (SSSR count). The van der Waals surface area contributed by atoms with Crippen LogP contribution < -0.4 is 5.32 Å². The second kappa shape index (κ2) is 6.91. The van der Waals surface area contributed by atoms with E-state index in [4.69, 9.17) is 0 Å². The number of hydrogen-bond acceptors (Lipinski definition) is 3. The van der Waals surface area contributed by atoms with E-state index >= 15 is 0 Å². The van der Waals surface area contributed by atoms with Crippen LogP contribution in [0.15, 0.2) is 15.9 Å². The second-order valence-electron chi connectivity index (χ2n) is 6.89. The van der Waals surface area contributed by atoms with Gasteiger partial charge in [-0.25, -0.2) is 0 Å². The molecule has 1 saturated heterocycles. The zero-order valence-electron chi connectivity index (χ0n) is 13.1. The predicted octanol–water partition coefficient (Wildman–Crippen LogP) is 4.50. The number of rotatable bonds is 4. The fraction of sp³-hybridized carbons (Fsp3) is 0.750. The normalized spacial score (nSPS) is 25.1. The highest BCUT2D eigenvalue weighted by Gasteiger charge is 2.33. The van der Waals surface area contributed by atoms with Crippen molar-refractivity contribution in [3.8, 4) is 0 Å². The van der Waals surface area contributed by atoms with E-state index in [-0.39, 0.29) is 0 Å². The maximum absolute atomic E-state index is 3.77. The Balaban J connectivity index is 2.08. The van der Waals surface area contributed by atoms with E-state index in [9.17, 15) is 0 Å². The molecule has 0 spiro atoms. The number of piperazine rings is 1. The number of hydrogen-bond donors (Lipinski definition) is 1. The summed E-state index contributed by atoms with van der Waals surface area (Å²) in [6, 6.07) is 3.42. The molecular formula is C16H27BrN2S. The highest BCUT2D eigenvalue weighted by atomic mass is 79.9. The van der Waals surface area contributed by atoms with Gasteiger partial charge in [0.25, 0.3) is 0 Å². The van der Waals surface area contributed by atoms with E-state index < -0.39 is 0 Å². The van der Waals surface area contributed by atoms with Crippen LogP contribution in [-0.4, -0.2) is 30.1 Å². The fourth-order valence-corrected chi connectivity index (χ4v) is 4.37. The van der Waals surface area contributed by atoms with Gasteiger partial charge < -0.3 is 5.32 Å². The van der Waals surface area contributed by atoms with Crippen molar-refractivity contribution in [3.63, 3.8) is 0 Å². The molecule has 0 aromatic carbocycles. The number of nitrogens with one attached hydrogen (secondary N) is 1. The van der Waals surface area contributed by atoms with Crippen molar-refractivity contribution in [2.45, 2.75) is 59.2 Å². The number of nitrogens with zero attached hydrogens (tertiary/aromatic N) is 1. The molecule has 0 amide bonds. The molecule has 1 aliphatic rings. The minimum absolute atomic E-state index is 0.322. The Morgan fingerprint density at radius 3 is 2.75 bits per heavy atom. The summed E-state index contributed by atoms with van der Waals surface area (Å²) < 4.78 is 1.27. The van der Waals surface area contributed by atoms with Crippen molar-refractivity contribution >= 4 is 27.3 Å². The third-order valence-electron chi connectivity index (χ3n) is 4.24. The van der Waals surface area contributed by atoms with Crippen LogP contribution in [0.3, 0.4) is 0 Å². The number of halogens is 1. The SMILES string of the molecule is CCCC1CNC(C(C)(C)C)CN1Cc1sccc1Br. The van der Waals surface area contributed by atoms with Crippen LogP contribution in [0.25, 0.3) is 0 Å². The van der Waals surface area contributed by atoms with E-state index in [0.717, 1.165) is 19.6 Å². The standard InChI is InChI=1S/C16H27BrN2S/c1-5-6-12-9-18-15(16(2,3)4)11-19(12)10-14-13(17)7-8-20-14/h7-8,12,15,18H,5-6,9-11H2,1-4H3. The lowest BCUT2D eigenvalue weighted by Gasteiger charge is -2.45.